The number of thiazole rings is 1. The van der Waals surface area contributed by atoms with Crippen LogP contribution in [-0.4, -0.2) is 39.5 Å². The number of amides is 1. The molecule has 1 amide bonds. The summed E-state index contributed by atoms with van der Waals surface area (Å²) in [6.45, 7) is 5.34. The van der Waals surface area contributed by atoms with Gasteiger partial charge in [-0.25, -0.2) is 4.98 Å². The van der Waals surface area contributed by atoms with Gasteiger partial charge in [0.05, 0.1) is 5.56 Å². The van der Waals surface area contributed by atoms with Crippen molar-refractivity contribution in [3.63, 3.8) is 0 Å². The van der Waals surface area contributed by atoms with Crippen molar-refractivity contribution in [1.29, 1.82) is 0 Å². The summed E-state index contributed by atoms with van der Waals surface area (Å²) in [6, 6.07) is 2.14. The maximum absolute atomic E-state index is 12.8. The van der Waals surface area contributed by atoms with Gasteiger partial charge in [-0.15, -0.1) is 11.3 Å². The summed E-state index contributed by atoms with van der Waals surface area (Å²) in [7, 11) is 0. The number of aromatic nitrogens is 2. The maximum Gasteiger partial charge on any atom is 0.255 e. The Morgan fingerprint density at radius 1 is 1.52 bits per heavy atom. The number of carbonyl (C=O) groups is 1. The molecule has 0 saturated carbocycles. The van der Waals surface area contributed by atoms with E-state index in [0.29, 0.717) is 6.54 Å². The van der Waals surface area contributed by atoms with Crippen LogP contribution in [0.25, 0.3) is 5.13 Å². The predicted octanol–water partition coefficient (Wildman–Crippen LogP) is 2.11. The Hall–Kier alpha value is -1.66. The molecular formula is C15H20N4OS. The zero-order valence-corrected chi connectivity index (χ0v) is 13.2. The molecule has 3 heterocycles. The summed E-state index contributed by atoms with van der Waals surface area (Å²) in [5, 5.41) is 2.85. The van der Waals surface area contributed by atoms with Gasteiger partial charge in [0.2, 0.25) is 0 Å². The van der Waals surface area contributed by atoms with Crippen LogP contribution in [0.5, 0.6) is 0 Å². The van der Waals surface area contributed by atoms with Crippen molar-refractivity contribution in [1.82, 2.24) is 14.5 Å². The predicted molar refractivity (Wildman–Crippen MR) is 84.0 cm³/mol. The Morgan fingerprint density at radius 2 is 2.33 bits per heavy atom. The Balaban J connectivity index is 1.97. The number of nitrogens with two attached hydrogens (primary N) is 1. The summed E-state index contributed by atoms with van der Waals surface area (Å²) in [5.41, 5.74) is 8.54. The second-order valence-electron chi connectivity index (χ2n) is 5.47. The van der Waals surface area contributed by atoms with Crippen LogP contribution in [-0.2, 0) is 0 Å². The summed E-state index contributed by atoms with van der Waals surface area (Å²) < 4.78 is 2.05. The number of hydrogen-bond acceptors (Lipinski definition) is 4. The van der Waals surface area contributed by atoms with E-state index in [2.05, 4.69) is 4.98 Å². The summed E-state index contributed by atoms with van der Waals surface area (Å²) in [4.78, 5) is 19.1. The monoisotopic (exact) mass is 304 g/mol. The Morgan fingerprint density at radius 3 is 3.00 bits per heavy atom. The number of likely N-dealkylation sites (tertiary alicyclic amines) is 1. The van der Waals surface area contributed by atoms with Gasteiger partial charge < -0.3 is 10.6 Å². The van der Waals surface area contributed by atoms with E-state index in [-0.39, 0.29) is 11.9 Å². The summed E-state index contributed by atoms with van der Waals surface area (Å²) in [6.07, 6.45) is 3.83. The molecular weight excluding hydrogens is 284 g/mol. The van der Waals surface area contributed by atoms with Crippen molar-refractivity contribution in [2.45, 2.75) is 32.7 Å². The number of aryl methyl sites for hydroxylation is 1. The number of nitrogens with zero attached hydrogens (tertiary/aromatic N) is 3. The van der Waals surface area contributed by atoms with Crippen LogP contribution in [0.4, 0.5) is 0 Å². The molecule has 0 radical (unpaired) electrons. The van der Waals surface area contributed by atoms with Gasteiger partial charge in [0.15, 0.2) is 5.13 Å². The maximum atomic E-state index is 12.8. The second kappa shape index (κ2) is 5.61. The van der Waals surface area contributed by atoms with E-state index in [1.165, 1.54) is 0 Å². The molecule has 1 atom stereocenters. The first kappa shape index (κ1) is 14.3. The largest absolute Gasteiger partial charge is 0.334 e. The van der Waals surface area contributed by atoms with Gasteiger partial charge in [0, 0.05) is 42.1 Å². The molecule has 112 valence electrons. The minimum absolute atomic E-state index is 0.0962. The molecule has 0 aromatic carbocycles. The van der Waals surface area contributed by atoms with Gasteiger partial charge in [-0.2, -0.15) is 0 Å². The van der Waals surface area contributed by atoms with Crippen molar-refractivity contribution < 1.29 is 4.79 Å². The zero-order chi connectivity index (χ0) is 15.0. The molecule has 1 unspecified atom stereocenters. The van der Waals surface area contributed by atoms with E-state index in [1.54, 1.807) is 17.5 Å². The van der Waals surface area contributed by atoms with E-state index in [1.807, 2.05) is 34.8 Å². The third-order valence-electron chi connectivity index (χ3n) is 4.18. The van der Waals surface area contributed by atoms with Crippen molar-refractivity contribution in [3.05, 3.63) is 34.6 Å². The molecule has 1 saturated heterocycles. The minimum atomic E-state index is 0.0962. The van der Waals surface area contributed by atoms with Crippen LogP contribution in [0.15, 0.2) is 17.6 Å². The standard InChI is InChI=1S/C15H20N4OS/c1-10-8-13(11(2)19(10)15-17-5-7-21-15)14(20)18-6-3-4-12(18)9-16/h5,7-8,12H,3-4,6,9,16H2,1-2H3. The fraction of sp³-hybridized carbons (Fsp3) is 0.467. The SMILES string of the molecule is Cc1cc(C(=O)N2CCCC2CN)c(C)n1-c1nccs1. The Labute approximate surface area is 128 Å². The lowest BCUT2D eigenvalue weighted by Gasteiger charge is -2.23. The molecule has 0 bridgehead atoms. The smallest absolute Gasteiger partial charge is 0.255 e. The van der Waals surface area contributed by atoms with Gasteiger partial charge in [-0.1, -0.05) is 0 Å². The molecule has 1 aliphatic heterocycles. The first-order chi connectivity index (χ1) is 10.1. The lowest BCUT2D eigenvalue weighted by Crippen LogP contribution is -2.40. The average molecular weight is 304 g/mol. The highest BCUT2D eigenvalue weighted by Gasteiger charge is 2.30. The first-order valence-corrected chi connectivity index (χ1v) is 8.11. The van der Waals surface area contributed by atoms with Crippen LogP contribution in [0.2, 0.25) is 0 Å². The molecule has 6 heteroatoms. The Kier molecular flexibility index (Phi) is 3.82. The van der Waals surface area contributed by atoms with Crippen molar-refractivity contribution in [3.8, 4) is 5.13 Å². The van der Waals surface area contributed by atoms with E-state index >= 15 is 0 Å². The highest BCUT2D eigenvalue weighted by atomic mass is 32.1. The lowest BCUT2D eigenvalue weighted by molar-refractivity contribution is 0.0740. The number of rotatable bonds is 3. The molecule has 3 rings (SSSR count). The molecule has 2 aromatic heterocycles. The summed E-state index contributed by atoms with van der Waals surface area (Å²) >= 11 is 1.57. The molecule has 1 aliphatic rings. The molecule has 0 aliphatic carbocycles. The highest BCUT2D eigenvalue weighted by Crippen LogP contribution is 2.26. The zero-order valence-electron chi connectivity index (χ0n) is 12.4. The van der Waals surface area contributed by atoms with E-state index in [9.17, 15) is 4.79 Å². The quantitative estimate of drug-likeness (QED) is 0.944. The van der Waals surface area contributed by atoms with Crippen LogP contribution in [0, 0.1) is 13.8 Å². The lowest BCUT2D eigenvalue weighted by atomic mass is 10.2. The third-order valence-corrected chi connectivity index (χ3v) is 4.94. The topological polar surface area (TPSA) is 64.2 Å². The number of carbonyl (C=O) groups excluding carboxylic acids is 1. The van der Waals surface area contributed by atoms with Crippen molar-refractivity contribution >= 4 is 17.2 Å². The van der Waals surface area contributed by atoms with Crippen LogP contribution in [0.3, 0.4) is 0 Å². The van der Waals surface area contributed by atoms with Crippen LogP contribution < -0.4 is 5.73 Å². The van der Waals surface area contributed by atoms with Crippen molar-refractivity contribution in [2.24, 2.45) is 5.73 Å². The molecule has 2 N–H and O–H groups in total. The molecule has 21 heavy (non-hydrogen) atoms. The third kappa shape index (κ3) is 2.38. The fourth-order valence-electron chi connectivity index (χ4n) is 3.10. The highest BCUT2D eigenvalue weighted by molar-refractivity contribution is 7.12. The number of hydrogen-bond donors (Lipinski definition) is 1. The normalized spacial score (nSPS) is 18.4. The Bertz CT molecular complexity index is 647. The summed E-state index contributed by atoms with van der Waals surface area (Å²) in [5.74, 6) is 0.0962. The van der Waals surface area contributed by atoms with E-state index in [0.717, 1.165) is 41.5 Å². The van der Waals surface area contributed by atoms with Gasteiger partial charge in [-0.3, -0.25) is 9.36 Å². The van der Waals surface area contributed by atoms with E-state index in [4.69, 9.17) is 5.73 Å². The molecule has 0 spiro atoms. The van der Waals surface area contributed by atoms with Gasteiger partial charge in [-0.05, 0) is 32.8 Å². The first-order valence-electron chi connectivity index (χ1n) is 7.23. The molecule has 5 nitrogen and oxygen atoms in total. The minimum Gasteiger partial charge on any atom is -0.334 e. The second-order valence-corrected chi connectivity index (χ2v) is 6.34. The van der Waals surface area contributed by atoms with Crippen LogP contribution in [0.1, 0.15) is 34.6 Å². The van der Waals surface area contributed by atoms with Gasteiger partial charge >= 0.3 is 0 Å². The van der Waals surface area contributed by atoms with Gasteiger partial charge in [0.25, 0.3) is 5.91 Å². The van der Waals surface area contributed by atoms with Gasteiger partial charge in [0.1, 0.15) is 0 Å². The average Bonchev–Trinajstić information content (AvgIpc) is 3.18. The molecule has 2 aromatic rings. The van der Waals surface area contributed by atoms with E-state index < -0.39 is 0 Å². The van der Waals surface area contributed by atoms with Crippen LogP contribution >= 0.6 is 11.3 Å². The van der Waals surface area contributed by atoms with Crippen molar-refractivity contribution in [2.75, 3.05) is 13.1 Å². The fourth-order valence-corrected chi connectivity index (χ4v) is 3.85. The molecule has 1 fully saturated rings.